The Morgan fingerprint density at radius 3 is 2.37 bits per heavy atom. The molecule has 0 bridgehead atoms. The van der Waals surface area contributed by atoms with Gasteiger partial charge in [-0.3, -0.25) is 9.48 Å². The molecule has 5 nitrogen and oxygen atoms in total. The highest BCUT2D eigenvalue weighted by molar-refractivity contribution is 6.33. The molecule has 1 N–H and O–H groups in total. The van der Waals surface area contributed by atoms with E-state index in [1.807, 2.05) is 59.4 Å². The average Bonchev–Trinajstić information content (AvgIpc) is 3.17. The minimum atomic E-state index is -0.366. The highest BCUT2D eigenvalue weighted by atomic mass is 35.5. The summed E-state index contributed by atoms with van der Waals surface area (Å²) in [4.78, 5) is 12.3. The fourth-order valence-electron chi connectivity index (χ4n) is 3.07. The lowest BCUT2D eigenvalue weighted by Gasteiger charge is -2.02. The number of hydrazone groups is 1. The van der Waals surface area contributed by atoms with Crippen LogP contribution >= 0.6 is 11.6 Å². The minimum absolute atomic E-state index is 0.366. The normalized spacial score (nSPS) is 11.0. The molecule has 148 valence electrons. The number of carbonyl (C=O) groups excluding carboxylic acids is 1. The summed E-state index contributed by atoms with van der Waals surface area (Å²) in [6, 6.07) is 26.8. The van der Waals surface area contributed by atoms with Crippen molar-refractivity contribution in [1.29, 1.82) is 0 Å². The van der Waals surface area contributed by atoms with Gasteiger partial charge in [0, 0.05) is 17.3 Å². The van der Waals surface area contributed by atoms with Crippen molar-refractivity contribution in [3.63, 3.8) is 0 Å². The van der Waals surface area contributed by atoms with E-state index >= 15 is 0 Å². The molecule has 1 aromatic heterocycles. The summed E-state index contributed by atoms with van der Waals surface area (Å²) < 4.78 is 1.87. The smallest absolute Gasteiger partial charge is 0.267 e. The lowest BCUT2D eigenvalue weighted by Crippen LogP contribution is -2.17. The fourth-order valence-corrected chi connectivity index (χ4v) is 3.29. The molecular formula is C24H19ClN4O. The quantitative estimate of drug-likeness (QED) is 0.356. The van der Waals surface area contributed by atoms with E-state index in [2.05, 4.69) is 22.7 Å². The van der Waals surface area contributed by atoms with Gasteiger partial charge in [-0.1, -0.05) is 84.4 Å². The molecule has 4 rings (SSSR count). The molecule has 6 heteroatoms. The molecule has 0 aliphatic rings. The standard InChI is InChI=1S/C24H19ClN4O/c25-22-14-8-7-13-21(22)24(30)27-26-15-20-17-29(16-18-9-3-1-4-10-18)28-23(20)19-11-5-2-6-12-19/h1-15,17H,16H2,(H,27,30)/b26-15-. The van der Waals surface area contributed by atoms with Crippen LogP contribution in [0.4, 0.5) is 0 Å². The Hall–Kier alpha value is -3.70. The number of hydrogen-bond acceptors (Lipinski definition) is 3. The predicted molar refractivity (Wildman–Crippen MR) is 120 cm³/mol. The van der Waals surface area contributed by atoms with E-state index in [4.69, 9.17) is 16.7 Å². The molecule has 0 radical (unpaired) electrons. The molecule has 0 fully saturated rings. The Morgan fingerprint density at radius 2 is 1.63 bits per heavy atom. The second kappa shape index (κ2) is 9.20. The Morgan fingerprint density at radius 1 is 0.967 bits per heavy atom. The van der Waals surface area contributed by atoms with Crippen molar-refractivity contribution >= 4 is 23.7 Å². The van der Waals surface area contributed by atoms with Crippen LogP contribution in [0.3, 0.4) is 0 Å². The lowest BCUT2D eigenvalue weighted by molar-refractivity contribution is 0.0955. The monoisotopic (exact) mass is 414 g/mol. The Bertz CT molecular complexity index is 1170. The number of benzene rings is 3. The second-order valence-corrected chi connectivity index (χ2v) is 7.07. The number of rotatable bonds is 6. The average molecular weight is 415 g/mol. The maximum Gasteiger partial charge on any atom is 0.272 e. The van der Waals surface area contributed by atoms with Crippen LogP contribution in [0.25, 0.3) is 11.3 Å². The van der Waals surface area contributed by atoms with Crippen LogP contribution in [-0.4, -0.2) is 21.9 Å². The van der Waals surface area contributed by atoms with Crippen molar-refractivity contribution in [3.8, 4) is 11.3 Å². The third-order valence-corrected chi connectivity index (χ3v) is 4.84. The molecule has 0 saturated carbocycles. The number of aromatic nitrogens is 2. The van der Waals surface area contributed by atoms with Gasteiger partial charge in [0.1, 0.15) is 5.69 Å². The SMILES string of the molecule is O=C(N/N=C\c1cn(Cc2ccccc2)nc1-c1ccccc1)c1ccccc1Cl. The van der Waals surface area contributed by atoms with Crippen LogP contribution in [0.15, 0.2) is 96.2 Å². The fraction of sp³-hybridized carbons (Fsp3) is 0.0417. The summed E-state index contributed by atoms with van der Waals surface area (Å²) in [7, 11) is 0. The van der Waals surface area contributed by atoms with E-state index in [1.165, 1.54) is 0 Å². The van der Waals surface area contributed by atoms with Gasteiger partial charge in [0.05, 0.1) is 23.3 Å². The van der Waals surface area contributed by atoms with Crippen LogP contribution in [0.2, 0.25) is 5.02 Å². The predicted octanol–water partition coefficient (Wildman–Crippen LogP) is 5.02. The third-order valence-electron chi connectivity index (χ3n) is 4.51. The van der Waals surface area contributed by atoms with Gasteiger partial charge in [-0.05, 0) is 17.7 Å². The molecule has 0 unspecified atom stereocenters. The molecule has 30 heavy (non-hydrogen) atoms. The zero-order valence-electron chi connectivity index (χ0n) is 16.1. The maximum absolute atomic E-state index is 12.3. The van der Waals surface area contributed by atoms with Gasteiger partial charge in [-0.15, -0.1) is 0 Å². The van der Waals surface area contributed by atoms with E-state index in [9.17, 15) is 4.79 Å². The molecular weight excluding hydrogens is 396 g/mol. The van der Waals surface area contributed by atoms with Crippen molar-refractivity contribution in [2.75, 3.05) is 0 Å². The van der Waals surface area contributed by atoms with Gasteiger partial charge in [-0.25, -0.2) is 5.43 Å². The summed E-state index contributed by atoms with van der Waals surface area (Å²) in [5.74, 6) is -0.366. The van der Waals surface area contributed by atoms with Gasteiger partial charge in [0.2, 0.25) is 0 Å². The first kappa shape index (κ1) is 19.6. The van der Waals surface area contributed by atoms with Crippen molar-refractivity contribution in [1.82, 2.24) is 15.2 Å². The molecule has 1 heterocycles. The van der Waals surface area contributed by atoms with Crippen molar-refractivity contribution in [3.05, 3.63) is 113 Å². The molecule has 0 spiro atoms. The first-order valence-electron chi connectivity index (χ1n) is 9.45. The van der Waals surface area contributed by atoms with Crippen LogP contribution in [-0.2, 0) is 6.54 Å². The third kappa shape index (κ3) is 4.64. The molecule has 0 aliphatic heterocycles. The summed E-state index contributed by atoms with van der Waals surface area (Å²) in [6.07, 6.45) is 3.52. The molecule has 1 amide bonds. The van der Waals surface area contributed by atoms with Crippen LogP contribution < -0.4 is 5.43 Å². The highest BCUT2D eigenvalue weighted by Gasteiger charge is 2.11. The zero-order valence-corrected chi connectivity index (χ0v) is 16.8. The zero-order chi connectivity index (χ0) is 20.8. The number of carbonyl (C=O) groups is 1. The molecule has 0 saturated heterocycles. The Labute approximate surface area is 179 Å². The summed E-state index contributed by atoms with van der Waals surface area (Å²) in [5.41, 5.74) is 6.63. The molecule has 0 aliphatic carbocycles. The molecule has 4 aromatic rings. The van der Waals surface area contributed by atoms with Crippen molar-refractivity contribution < 1.29 is 4.79 Å². The Kier molecular flexibility index (Phi) is 6.01. The first-order valence-corrected chi connectivity index (χ1v) is 9.83. The summed E-state index contributed by atoms with van der Waals surface area (Å²) >= 11 is 6.07. The second-order valence-electron chi connectivity index (χ2n) is 6.66. The van der Waals surface area contributed by atoms with E-state index in [0.29, 0.717) is 17.1 Å². The highest BCUT2D eigenvalue weighted by Crippen LogP contribution is 2.21. The number of nitrogens with zero attached hydrogens (tertiary/aromatic N) is 3. The van der Waals surface area contributed by atoms with E-state index in [-0.39, 0.29) is 5.91 Å². The van der Waals surface area contributed by atoms with Crippen LogP contribution in [0.5, 0.6) is 0 Å². The van der Waals surface area contributed by atoms with E-state index in [0.717, 1.165) is 22.4 Å². The van der Waals surface area contributed by atoms with Crippen molar-refractivity contribution in [2.24, 2.45) is 5.10 Å². The van der Waals surface area contributed by atoms with Crippen LogP contribution in [0, 0.1) is 0 Å². The van der Waals surface area contributed by atoms with Gasteiger partial charge >= 0.3 is 0 Å². The Balaban J connectivity index is 1.58. The lowest BCUT2D eigenvalue weighted by atomic mass is 10.1. The van der Waals surface area contributed by atoms with Crippen molar-refractivity contribution in [2.45, 2.75) is 6.54 Å². The van der Waals surface area contributed by atoms with Gasteiger partial charge in [0.25, 0.3) is 5.91 Å². The number of nitrogens with one attached hydrogen (secondary N) is 1. The van der Waals surface area contributed by atoms with Crippen LogP contribution in [0.1, 0.15) is 21.5 Å². The molecule has 3 aromatic carbocycles. The summed E-state index contributed by atoms with van der Waals surface area (Å²) in [6.45, 7) is 0.639. The largest absolute Gasteiger partial charge is 0.272 e. The maximum atomic E-state index is 12.3. The topological polar surface area (TPSA) is 59.3 Å². The van der Waals surface area contributed by atoms with Gasteiger partial charge in [0.15, 0.2) is 0 Å². The van der Waals surface area contributed by atoms with Gasteiger partial charge < -0.3 is 0 Å². The number of hydrogen-bond donors (Lipinski definition) is 1. The van der Waals surface area contributed by atoms with E-state index in [1.54, 1.807) is 30.5 Å². The summed E-state index contributed by atoms with van der Waals surface area (Å²) in [5, 5.41) is 9.25. The van der Waals surface area contributed by atoms with E-state index < -0.39 is 0 Å². The minimum Gasteiger partial charge on any atom is -0.267 e. The van der Waals surface area contributed by atoms with Gasteiger partial charge in [-0.2, -0.15) is 10.2 Å². The first-order chi connectivity index (χ1) is 14.7. The molecule has 0 atom stereocenters. The number of amides is 1. The number of halogens is 1.